The number of nitriles is 1. The van der Waals surface area contributed by atoms with Crippen molar-refractivity contribution in [1.82, 2.24) is 20.2 Å². The summed E-state index contributed by atoms with van der Waals surface area (Å²) < 4.78 is 0. The molecule has 3 aromatic rings. The summed E-state index contributed by atoms with van der Waals surface area (Å²) in [5.74, 6) is 0.418. The number of aromatic nitrogens is 2. The monoisotopic (exact) mass is 465 g/mol. The quantitative estimate of drug-likeness (QED) is 0.618. The number of hydrogen-bond donors (Lipinski definition) is 1. The van der Waals surface area contributed by atoms with Gasteiger partial charge in [-0.25, -0.2) is 0 Å². The molecular formula is C23H20ClN5O2S. The Kier molecular flexibility index (Phi) is 6.58. The first-order valence-corrected chi connectivity index (χ1v) is 11.6. The molecule has 3 heterocycles. The van der Waals surface area contributed by atoms with Gasteiger partial charge in [-0.1, -0.05) is 24.6 Å². The molecule has 2 aromatic heterocycles. The van der Waals surface area contributed by atoms with Crippen molar-refractivity contribution < 1.29 is 9.59 Å². The molecule has 2 amide bonds. The minimum Gasteiger partial charge on any atom is -0.343 e. The van der Waals surface area contributed by atoms with Crippen molar-refractivity contribution in [1.29, 1.82) is 5.26 Å². The molecule has 1 saturated heterocycles. The molecule has 0 aliphatic carbocycles. The summed E-state index contributed by atoms with van der Waals surface area (Å²) in [6.07, 6.45) is 3.19. The molecule has 7 nitrogen and oxygen atoms in total. The van der Waals surface area contributed by atoms with Gasteiger partial charge in [0, 0.05) is 35.1 Å². The van der Waals surface area contributed by atoms with Crippen LogP contribution in [-0.2, 0) is 4.79 Å². The van der Waals surface area contributed by atoms with Crippen LogP contribution in [0, 0.1) is 11.3 Å². The number of nitrogens with zero attached hydrogens (tertiary/aromatic N) is 4. The predicted octanol–water partition coefficient (Wildman–Crippen LogP) is 3.59. The second-order valence-electron chi connectivity index (χ2n) is 7.45. The lowest BCUT2D eigenvalue weighted by Gasteiger charge is -2.19. The van der Waals surface area contributed by atoms with Crippen molar-refractivity contribution >= 4 is 46.1 Å². The number of nitrogens with one attached hydrogen (secondary N) is 1. The Labute approximate surface area is 194 Å². The number of fused-ring (bicyclic) bond motifs is 1. The molecule has 4 rings (SSSR count). The van der Waals surface area contributed by atoms with Crippen LogP contribution >= 0.6 is 23.4 Å². The summed E-state index contributed by atoms with van der Waals surface area (Å²) in [7, 11) is 0. The average molecular weight is 466 g/mol. The molecule has 0 spiro atoms. The smallest absolute Gasteiger partial charge is 0.252 e. The van der Waals surface area contributed by atoms with E-state index >= 15 is 0 Å². The number of pyridine rings is 2. The van der Waals surface area contributed by atoms with Gasteiger partial charge < -0.3 is 10.2 Å². The Balaban J connectivity index is 1.55. The maximum atomic E-state index is 12.9. The van der Waals surface area contributed by atoms with Crippen molar-refractivity contribution in [2.45, 2.75) is 18.9 Å². The topological polar surface area (TPSA) is 99.0 Å². The van der Waals surface area contributed by atoms with Gasteiger partial charge in [0.15, 0.2) is 0 Å². The van der Waals surface area contributed by atoms with Crippen LogP contribution in [0.1, 0.15) is 34.5 Å². The van der Waals surface area contributed by atoms with E-state index < -0.39 is 6.04 Å². The van der Waals surface area contributed by atoms with Gasteiger partial charge >= 0.3 is 0 Å². The van der Waals surface area contributed by atoms with E-state index in [0.717, 1.165) is 11.3 Å². The third-order valence-corrected chi connectivity index (χ3v) is 6.69. The van der Waals surface area contributed by atoms with Gasteiger partial charge in [-0.05, 0) is 35.9 Å². The van der Waals surface area contributed by atoms with E-state index in [0.29, 0.717) is 33.1 Å². The average Bonchev–Trinajstić information content (AvgIpc) is 3.30. The molecule has 2 atom stereocenters. The van der Waals surface area contributed by atoms with Crippen molar-refractivity contribution in [3.8, 4) is 6.07 Å². The first-order chi connectivity index (χ1) is 15.5. The van der Waals surface area contributed by atoms with Crippen LogP contribution in [0.25, 0.3) is 10.9 Å². The minimum atomic E-state index is -0.448. The molecule has 1 aliphatic heterocycles. The fourth-order valence-electron chi connectivity index (χ4n) is 3.59. The van der Waals surface area contributed by atoms with E-state index in [1.165, 1.54) is 16.7 Å². The lowest BCUT2D eigenvalue weighted by atomic mass is 9.94. The minimum absolute atomic E-state index is 0.00931. The zero-order valence-corrected chi connectivity index (χ0v) is 18.9. The second kappa shape index (κ2) is 9.55. The Hall–Kier alpha value is -3.15. The van der Waals surface area contributed by atoms with Crippen LogP contribution in [-0.4, -0.2) is 50.9 Å². The normalized spacial score (nSPS) is 16.5. The summed E-state index contributed by atoms with van der Waals surface area (Å²) in [5, 5.41) is 13.1. The fraction of sp³-hybridized carbons (Fsp3) is 0.261. The summed E-state index contributed by atoms with van der Waals surface area (Å²) in [4.78, 5) is 35.6. The van der Waals surface area contributed by atoms with Gasteiger partial charge in [-0.15, -0.1) is 11.8 Å². The van der Waals surface area contributed by atoms with E-state index in [9.17, 15) is 9.59 Å². The first-order valence-electron chi connectivity index (χ1n) is 10.0. The van der Waals surface area contributed by atoms with Crippen LogP contribution in [0.15, 0.2) is 48.8 Å². The molecular weight excluding hydrogens is 446 g/mol. The number of benzene rings is 1. The van der Waals surface area contributed by atoms with Crippen molar-refractivity contribution in [2.24, 2.45) is 0 Å². The SMILES string of the molecule is C[C@H](c1ccc2nccc(C(=O)NCC(=O)N3CSC[C@H]3C#N)c2c1)c1ccc(Cl)cn1. The van der Waals surface area contributed by atoms with E-state index in [1.807, 2.05) is 31.2 Å². The number of thioether (sulfide) groups is 1. The number of amides is 2. The van der Waals surface area contributed by atoms with Crippen molar-refractivity contribution in [2.75, 3.05) is 18.2 Å². The van der Waals surface area contributed by atoms with Crippen LogP contribution in [0.3, 0.4) is 0 Å². The summed E-state index contributed by atoms with van der Waals surface area (Å²) in [6.45, 7) is 1.87. The van der Waals surface area contributed by atoms with Crippen LogP contribution in [0.4, 0.5) is 0 Å². The molecule has 1 N–H and O–H groups in total. The summed E-state index contributed by atoms with van der Waals surface area (Å²) in [6, 6.07) is 12.8. The van der Waals surface area contributed by atoms with Crippen molar-refractivity contribution in [3.63, 3.8) is 0 Å². The van der Waals surface area contributed by atoms with Gasteiger partial charge in [0.2, 0.25) is 5.91 Å². The summed E-state index contributed by atoms with van der Waals surface area (Å²) in [5.41, 5.74) is 2.97. The molecule has 0 unspecified atom stereocenters. The summed E-state index contributed by atoms with van der Waals surface area (Å²) >= 11 is 7.47. The number of carbonyl (C=O) groups excluding carboxylic acids is 2. The van der Waals surface area contributed by atoms with Gasteiger partial charge in [0.1, 0.15) is 6.04 Å². The van der Waals surface area contributed by atoms with Gasteiger partial charge in [0.25, 0.3) is 5.91 Å². The van der Waals surface area contributed by atoms with E-state index in [-0.39, 0.29) is 24.3 Å². The molecule has 162 valence electrons. The number of rotatable bonds is 5. The van der Waals surface area contributed by atoms with E-state index in [4.69, 9.17) is 16.9 Å². The zero-order valence-electron chi connectivity index (χ0n) is 17.3. The maximum absolute atomic E-state index is 12.9. The third kappa shape index (κ3) is 4.54. The second-order valence-corrected chi connectivity index (χ2v) is 8.89. The zero-order chi connectivity index (χ0) is 22.7. The Morgan fingerprint density at radius 1 is 1.31 bits per heavy atom. The molecule has 1 aliphatic rings. The molecule has 0 saturated carbocycles. The van der Waals surface area contributed by atoms with Gasteiger partial charge in [-0.3, -0.25) is 19.6 Å². The number of carbonyl (C=O) groups is 2. The van der Waals surface area contributed by atoms with Gasteiger partial charge in [-0.2, -0.15) is 5.26 Å². The highest BCUT2D eigenvalue weighted by Gasteiger charge is 2.29. The molecule has 0 radical (unpaired) electrons. The van der Waals surface area contributed by atoms with Gasteiger partial charge in [0.05, 0.1) is 34.6 Å². The van der Waals surface area contributed by atoms with E-state index in [2.05, 4.69) is 21.4 Å². The number of hydrogen-bond acceptors (Lipinski definition) is 6. The lowest BCUT2D eigenvalue weighted by molar-refractivity contribution is -0.129. The first kappa shape index (κ1) is 22.1. The molecule has 0 bridgehead atoms. The Bertz CT molecular complexity index is 1210. The Morgan fingerprint density at radius 3 is 2.91 bits per heavy atom. The molecule has 1 aromatic carbocycles. The van der Waals surface area contributed by atoms with Crippen LogP contribution in [0.2, 0.25) is 5.02 Å². The van der Waals surface area contributed by atoms with E-state index in [1.54, 1.807) is 24.5 Å². The standard InChI is InChI=1S/C23H20ClN5O2S/c1-14(20-5-3-16(24)10-27-20)15-2-4-21-19(8-15)18(6-7-26-21)23(31)28-11-22(30)29-13-32-12-17(29)9-25/h2-8,10,14,17H,11-13H2,1H3,(H,28,31)/t14-,17-/m1/s1. The number of halogens is 1. The highest BCUT2D eigenvalue weighted by atomic mass is 35.5. The third-order valence-electron chi connectivity index (χ3n) is 5.46. The predicted molar refractivity (Wildman–Crippen MR) is 124 cm³/mol. The molecule has 9 heteroatoms. The fourth-order valence-corrected chi connectivity index (χ4v) is 4.81. The Morgan fingerprint density at radius 2 is 2.16 bits per heavy atom. The van der Waals surface area contributed by atoms with Crippen LogP contribution in [0.5, 0.6) is 0 Å². The molecule has 1 fully saturated rings. The van der Waals surface area contributed by atoms with Crippen LogP contribution < -0.4 is 5.32 Å². The molecule has 32 heavy (non-hydrogen) atoms. The maximum Gasteiger partial charge on any atom is 0.252 e. The highest BCUT2D eigenvalue weighted by molar-refractivity contribution is 7.99. The largest absolute Gasteiger partial charge is 0.343 e. The highest BCUT2D eigenvalue weighted by Crippen LogP contribution is 2.27. The lowest BCUT2D eigenvalue weighted by Crippen LogP contribution is -2.42. The van der Waals surface area contributed by atoms with Crippen molar-refractivity contribution in [3.05, 3.63) is 70.6 Å².